The molecule has 1 saturated carbocycles. The van der Waals surface area contributed by atoms with Crippen LogP contribution < -0.4 is 10.6 Å². The molecular formula is C14H22N6O2S. The van der Waals surface area contributed by atoms with Crippen LogP contribution >= 0.6 is 11.3 Å². The Morgan fingerprint density at radius 2 is 1.91 bits per heavy atom. The number of anilines is 1. The lowest BCUT2D eigenvalue weighted by Gasteiger charge is -2.37. The van der Waals surface area contributed by atoms with E-state index in [1.165, 1.54) is 11.3 Å². The molecule has 0 spiro atoms. The SMILES string of the molecule is Cc1nnc(NC(=O)N2CCN(C(C)C(=O)NC3CC3)CC2)s1. The van der Waals surface area contributed by atoms with Gasteiger partial charge in [0, 0.05) is 32.2 Å². The van der Waals surface area contributed by atoms with Gasteiger partial charge in [-0.25, -0.2) is 4.79 Å². The van der Waals surface area contributed by atoms with E-state index in [2.05, 4.69) is 25.7 Å². The van der Waals surface area contributed by atoms with E-state index in [1.54, 1.807) is 4.90 Å². The number of nitrogens with zero attached hydrogens (tertiary/aromatic N) is 4. The van der Waals surface area contributed by atoms with E-state index < -0.39 is 0 Å². The predicted molar refractivity (Wildman–Crippen MR) is 87.4 cm³/mol. The summed E-state index contributed by atoms with van der Waals surface area (Å²) >= 11 is 1.36. The Labute approximate surface area is 139 Å². The van der Waals surface area contributed by atoms with E-state index >= 15 is 0 Å². The van der Waals surface area contributed by atoms with Crippen LogP contribution in [0.5, 0.6) is 0 Å². The maximum atomic E-state index is 12.2. The van der Waals surface area contributed by atoms with Gasteiger partial charge in [0.2, 0.25) is 11.0 Å². The van der Waals surface area contributed by atoms with E-state index in [9.17, 15) is 9.59 Å². The number of hydrogen-bond donors (Lipinski definition) is 2. The molecule has 2 heterocycles. The highest BCUT2D eigenvalue weighted by Crippen LogP contribution is 2.19. The largest absolute Gasteiger partial charge is 0.352 e. The first kappa shape index (κ1) is 16.1. The van der Waals surface area contributed by atoms with Gasteiger partial charge in [0.25, 0.3) is 0 Å². The molecule has 2 aliphatic rings. The minimum absolute atomic E-state index is 0.0923. The summed E-state index contributed by atoms with van der Waals surface area (Å²) in [6.45, 7) is 6.37. The molecule has 0 aromatic carbocycles. The number of piperazine rings is 1. The molecule has 0 radical (unpaired) electrons. The Hall–Kier alpha value is -1.74. The summed E-state index contributed by atoms with van der Waals surface area (Å²) in [5.74, 6) is 0.0923. The van der Waals surface area contributed by atoms with Crippen molar-refractivity contribution in [3.63, 3.8) is 0 Å². The highest BCUT2D eigenvalue weighted by Gasteiger charge is 2.31. The lowest BCUT2D eigenvalue weighted by atomic mass is 10.2. The molecule has 126 valence electrons. The van der Waals surface area contributed by atoms with E-state index in [1.807, 2.05) is 13.8 Å². The Morgan fingerprint density at radius 3 is 2.48 bits per heavy atom. The summed E-state index contributed by atoms with van der Waals surface area (Å²) in [7, 11) is 0. The molecule has 23 heavy (non-hydrogen) atoms. The van der Waals surface area contributed by atoms with Crippen LogP contribution in [0, 0.1) is 6.92 Å². The van der Waals surface area contributed by atoms with Crippen molar-refractivity contribution >= 4 is 28.4 Å². The zero-order valence-corrected chi connectivity index (χ0v) is 14.2. The summed E-state index contributed by atoms with van der Waals surface area (Å²) in [6.07, 6.45) is 2.19. The van der Waals surface area contributed by atoms with Crippen LogP contribution in [0.1, 0.15) is 24.8 Å². The van der Waals surface area contributed by atoms with Crippen molar-refractivity contribution in [1.82, 2.24) is 25.3 Å². The third-order valence-corrected chi connectivity index (χ3v) is 4.95. The molecule has 3 amide bonds. The second-order valence-corrected chi connectivity index (χ2v) is 7.22. The molecule has 1 atom stereocenters. The Morgan fingerprint density at radius 1 is 1.22 bits per heavy atom. The van der Waals surface area contributed by atoms with Crippen LogP contribution in [0.2, 0.25) is 0 Å². The van der Waals surface area contributed by atoms with Gasteiger partial charge in [0.05, 0.1) is 6.04 Å². The van der Waals surface area contributed by atoms with Gasteiger partial charge in [-0.15, -0.1) is 10.2 Å². The molecular weight excluding hydrogens is 316 g/mol. The molecule has 1 saturated heterocycles. The van der Waals surface area contributed by atoms with Crippen LogP contribution in [0.25, 0.3) is 0 Å². The standard InChI is InChI=1S/C14H22N6O2S/c1-9(12(21)15-11-3-4-11)19-5-7-20(8-6-19)14(22)16-13-18-17-10(2)23-13/h9,11H,3-8H2,1-2H3,(H,15,21)(H,16,18,22). The minimum Gasteiger partial charge on any atom is -0.352 e. The second-order valence-electron chi connectivity index (χ2n) is 6.04. The highest BCUT2D eigenvalue weighted by molar-refractivity contribution is 7.15. The third-order valence-electron chi connectivity index (χ3n) is 4.19. The van der Waals surface area contributed by atoms with Gasteiger partial charge in [-0.1, -0.05) is 11.3 Å². The molecule has 8 nitrogen and oxygen atoms in total. The summed E-state index contributed by atoms with van der Waals surface area (Å²) in [4.78, 5) is 28.2. The summed E-state index contributed by atoms with van der Waals surface area (Å²) in [5, 5.41) is 14.9. The summed E-state index contributed by atoms with van der Waals surface area (Å²) < 4.78 is 0. The first-order valence-electron chi connectivity index (χ1n) is 7.93. The summed E-state index contributed by atoms with van der Waals surface area (Å²) in [6, 6.07) is 0.0786. The second kappa shape index (κ2) is 6.79. The fourth-order valence-corrected chi connectivity index (χ4v) is 3.13. The molecule has 1 unspecified atom stereocenters. The van der Waals surface area contributed by atoms with Crippen molar-refractivity contribution in [1.29, 1.82) is 0 Å². The van der Waals surface area contributed by atoms with Crippen molar-refractivity contribution in [2.24, 2.45) is 0 Å². The van der Waals surface area contributed by atoms with Gasteiger partial charge in [0.15, 0.2) is 0 Å². The highest BCUT2D eigenvalue weighted by atomic mass is 32.1. The topological polar surface area (TPSA) is 90.5 Å². The van der Waals surface area contributed by atoms with Crippen molar-refractivity contribution in [3.05, 3.63) is 5.01 Å². The number of aromatic nitrogens is 2. The minimum atomic E-state index is -0.157. The molecule has 9 heteroatoms. The van der Waals surface area contributed by atoms with Crippen LogP contribution in [-0.2, 0) is 4.79 Å². The summed E-state index contributed by atoms with van der Waals surface area (Å²) in [5.41, 5.74) is 0. The first-order valence-corrected chi connectivity index (χ1v) is 8.75. The normalized spacial score (nSPS) is 20.2. The lowest BCUT2D eigenvalue weighted by molar-refractivity contribution is -0.126. The number of aryl methyl sites for hydroxylation is 1. The van der Waals surface area contributed by atoms with Gasteiger partial charge < -0.3 is 10.2 Å². The average molecular weight is 338 g/mol. The fraction of sp³-hybridized carbons (Fsp3) is 0.714. The van der Waals surface area contributed by atoms with Crippen molar-refractivity contribution in [2.75, 3.05) is 31.5 Å². The van der Waals surface area contributed by atoms with Gasteiger partial charge in [0.1, 0.15) is 5.01 Å². The van der Waals surface area contributed by atoms with Crippen molar-refractivity contribution in [2.45, 2.75) is 38.8 Å². The Kier molecular flexibility index (Phi) is 4.76. The van der Waals surface area contributed by atoms with Gasteiger partial charge in [-0.3, -0.25) is 15.0 Å². The molecule has 0 bridgehead atoms. The van der Waals surface area contributed by atoms with Crippen molar-refractivity contribution < 1.29 is 9.59 Å². The number of rotatable bonds is 4. The maximum Gasteiger partial charge on any atom is 0.323 e. The molecule has 3 rings (SSSR count). The third kappa shape index (κ3) is 4.17. The van der Waals surface area contributed by atoms with E-state index in [0.29, 0.717) is 37.4 Å². The molecule has 1 aliphatic carbocycles. The van der Waals surface area contributed by atoms with Gasteiger partial charge in [-0.2, -0.15) is 0 Å². The average Bonchev–Trinajstić information content (AvgIpc) is 3.27. The van der Waals surface area contributed by atoms with E-state index in [4.69, 9.17) is 0 Å². The number of carbonyl (C=O) groups is 2. The monoisotopic (exact) mass is 338 g/mol. The van der Waals surface area contributed by atoms with Crippen LogP contribution in [0.15, 0.2) is 0 Å². The number of amides is 3. The van der Waals surface area contributed by atoms with Crippen LogP contribution in [0.3, 0.4) is 0 Å². The smallest absolute Gasteiger partial charge is 0.323 e. The zero-order valence-electron chi connectivity index (χ0n) is 13.4. The molecule has 1 aliphatic heterocycles. The zero-order chi connectivity index (χ0) is 16.4. The molecule has 1 aromatic rings. The van der Waals surface area contributed by atoms with Crippen molar-refractivity contribution in [3.8, 4) is 0 Å². The predicted octanol–water partition coefficient (Wildman–Crippen LogP) is 0.663. The fourth-order valence-electron chi connectivity index (χ4n) is 2.55. The Balaban J connectivity index is 1.45. The number of nitrogens with one attached hydrogen (secondary N) is 2. The lowest BCUT2D eigenvalue weighted by Crippen LogP contribution is -2.55. The maximum absolute atomic E-state index is 12.2. The number of urea groups is 1. The van der Waals surface area contributed by atoms with Gasteiger partial charge in [-0.05, 0) is 26.7 Å². The molecule has 1 aromatic heterocycles. The van der Waals surface area contributed by atoms with E-state index in [-0.39, 0.29) is 18.0 Å². The van der Waals surface area contributed by atoms with Crippen LogP contribution in [0.4, 0.5) is 9.93 Å². The molecule has 2 fully saturated rings. The van der Waals surface area contributed by atoms with E-state index in [0.717, 1.165) is 17.8 Å². The molecule has 2 N–H and O–H groups in total. The first-order chi connectivity index (χ1) is 11.0. The Bertz CT molecular complexity index is 580. The van der Waals surface area contributed by atoms with Crippen LogP contribution in [-0.4, -0.2) is 70.2 Å². The quantitative estimate of drug-likeness (QED) is 0.842. The number of carbonyl (C=O) groups excluding carboxylic acids is 2. The van der Waals surface area contributed by atoms with Gasteiger partial charge >= 0.3 is 6.03 Å². The number of hydrogen-bond acceptors (Lipinski definition) is 6.